The number of unbranched alkanes of at least 4 members (excludes halogenated alkanes) is 4. The molecule has 0 aliphatic heterocycles. The van der Waals surface area contributed by atoms with Gasteiger partial charge < -0.3 is 10.2 Å². The maximum absolute atomic E-state index is 11.8. The van der Waals surface area contributed by atoms with Crippen molar-refractivity contribution in [1.29, 1.82) is 0 Å². The summed E-state index contributed by atoms with van der Waals surface area (Å²) in [5, 5.41) is 10.5. The van der Waals surface area contributed by atoms with E-state index in [1.165, 1.54) is 19.3 Å². The number of nitrogens with one attached hydrogen (secondary N) is 4. The third kappa shape index (κ3) is 3.31. The van der Waals surface area contributed by atoms with Crippen LogP contribution in [0.15, 0.2) is 22.0 Å². The Morgan fingerprint density at radius 2 is 1.45 bits per heavy atom. The first kappa shape index (κ1) is 14.4. The lowest BCUT2D eigenvalue weighted by Crippen LogP contribution is -2.17. The Hall–Kier alpha value is -1.98. The van der Waals surface area contributed by atoms with Crippen molar-refractivity contribution in [1.82, 2.24) is 20.4 Å². The van der Waals surface area contributed by atoms with E-state index < -0.39 is 0 Å². The largest absolute Gasteiger partial charge is 0.305 e. The van der Waals surface area contributed by atoms with Gasteiger partial charge in [-0.05, 0) is 6.42 Å². The van der Waals surface area contributed by atoms with Crippen molar-refractivity contribution >= 4 is 0 Å². The second-order valence-corrected chi connectivity index (χ2v) is 5.15. The van der Waals surface area contributed by atoms with Crippen molar-refractivity contribution in [3.05, 3.63) is 44.2 Å². The van der Waals surface area contributed by atoms with E-state index in [1.54, 1.807) is 12.4 Å². The molecular weight excluding hydrogens is 256 g/mol. The number of hydrogen-bond acceptors (Lipinski definition) is 2. The van der Waals surface area contributed by atoms with Gasteiger partial charge in [0.05, 0.1) is 0 Å². The molecule has 6 nitrogen and oxygen atoms in total. The molecule has 0 unspecified atom stereocenters. The van der Waals surface area contributed by atoms with Crippen LogP contribution in [-0.2, 0) is 0 Å². The van der Waals surface area contributed by atoms with E-state index in [2.05, 4.69) is 27.3 Å². The summed E-state index contributed by atoms with van der Waals surface area (Å²) >= 11 is 0. The summed E-state index contributed by atoms with van der Waals surface area (Å²) in [7, 11) is 0. The van der Waals surface area contributed by atoms with Crippen LogP contribution in [0, 0.1) is 0 Å². The van der Waals surface area contributed by atoms with Gasteiger partial charge in [0.25, 0.3) is 11.1 Å². The van der Waals surface area contributed by atoms with Gasteiger partial charge in [0.15, 0.2) is 0 Å². The third-order valence-corrected chi connectivity index (χ3v) is 3.70. The van der Waals surface area contributed by atoms with E-state index in [1.807, 2.05) is 0 Å². The van der Waals surface area contributed by atoms with Crippen molar-refractivity contribution in [2.45, 2.75) is 51.4 Å². The number of H-pyrrole nitrogens is 4. The molecule has 2 aromatic rings. The summed E-state index contributed by atoms with van der Waals surface area (Å²) in [4.78, 5) is 23.6. The van der Waals surface area contributed by atoms with Gasteiger partial charge in [-0.3, -0.25) is 19.8 Å². The Labute approximate surface area is 117 Å². The SMILES string of the molecule is CCCCCCCC(c1c[nH][nH]c1=O)c1c[nH][nH]c1=O. The first-order chi connectivity index (χ1) is 9.74. The maximum Gasteiger partial charge on any atom is 0.267 e. The Kier molecular flexibility index (Phi) is 5.03. The zero-order valence-electron chi connectivity index (χ0n) is 11.8. The van der Waals surface area contributed by atoms with Gasteiger partial charge in [-0.1, -0.05) is 39.0 Å². The highest BCUT2D eigenvalue weighted by Crippen LogP contribution is 2.25. The van der Waals surface area contributed by atoms with Crippen LogP contribution in [0.1, 0.15) is 62.5 Å². The number of aromatic amines is 4. The average Bonchev–Trinajstić information content (AvgIpc) is 3.04. The summed E-state index contributed by atoms with van der Waals surface area (Å²) in [5.74, 6) is -0.151. The van der Waals surface area contributed by atoms with E-state index >= 15 is 0 Å². The molecule has 0 aliphatic rings. The molecule has 0 aromatic carbocycles. The molecule has 0 saturated carbocycles. The van der Waals surface area contributed by atoms with Crippen molar-refractivity contribution in [2.24, 2.45) is 0 Å². The van der Waals surface area contributed by atoms with Crippen LogP contribution in [0.5, 0.6) is 0 Å². The lowest BCUT2D eigenvalue weighted by molar-refractivity contribution is 0.578. The lowest BCUT2D eigenvalue weighted by Gasteiger charge is -2.12. The van der Waals surface area contributed by atoms with Gasteiger partial charge in [-0.15, -0.1) is 0 Å². The van der Waals surface area contributed by atoms with Crippen LogP contribution < -0.4 is 11.1 Å². The monoisotopic (exact) mass is 278 g/mol. The topological polar surface area (TPSA) is 97.3 Å². The fourth-order valence-corrected chi connectivity index (χ4v) is 2.58. The Bertz CT molecular complexity index is 571. The fourth-order valence-electron chi connectivity index (χ4n) is 2.58. The first-order valence-corrected chi connectivity index (χ1v) is 7.26. The number of aromatic nitrogens is 4. The second kappa shape index (κ2) is 6.98. The van der Waals surface area contributed by atoms with Crippen LogP contribution in [0.3, 0.4) is 0 Å². The van der Waals surface area contributed by atoms with Gasteiger partial charge in [0.1, 0.15) is 0 Å². The predicted molar refractivity (Wildman–Crippen MR) is 78.0 cm³/mol. The van der Waals surface area contributed by atoms with Crippen molar-refractivity contribution < 1.29 is 0 Å². The molecule has 0 spiro atoms. The van der Waals surface area contributed by atoms with Crippen molar-refractivity contribution in [2.75, 3.05) is 0 Å². The Morgan fingerprint density at radius 3 is 1.90 bits per heavy atom. The van der Waals surface area contributed by atoms with Gasteiger partial charge in [0.2, 0.25) is 0 Å². The van der Waals surface area contributed by atoms with Crippen LogP contribution in [0.2, 0.25) is 0 Å². The molecule has 0 amide bonds. The van der Waals surface area contributed by atoms with Crippen LogP contribution in [0.25, 0.3) is 0 Å². The van der Waals surface area contributed by atoms with Gasteiger partial charge >= 0.3 is 0 Å². The zero-order valence-corrected chi connectivity index (χ0v) is 11.8. The van der Waals surface area contributed by atoms with E-state index in [-0.39, 0.29) is 17.0 Å². The summed E-state index contributed by atoms with van der Waals surface area (Å²) in [6.07, 6.45) is 9.92. The molecule has 20 heavy (non-hydrogen) atoms. The molecule has 2 rings (SSSR count). The summed E-state index contributed by atoms with van der Waals surface area (Å²) < 4.78 is 0. The van der Waals surface area contributed by atoms with Crippen molar-refractivity contribution in [3.63, 3.8) is 0 Å². The lowest BCUT2D eigenvalue weighted by atomic mass is 9.90. The molecule has 2 aromatic heterocycles. The normalized spacial score (nSPS) is 11.3. The van der Waals surface area contributed by atoms with Gasteiger partial charge in [-0.2, -0.15) is 0 Å². The molecular formula is C14H22N4O2. The molecule has 4 N–H and O–H groups in total. The Balaban J connectivity index is 2.10. The molecule has 0 radical (unpaired) electrons. The molecule has 6 heteroatoms. The van der Waals surface area contributed by atoms with Gasteiger partial charge in [-0.25, -0.2) is 0 Å². The highest BCUT2D eigenvalue weighted by molar-refractivity contribution is 5.25. The maximum atomic E-state index is 11.8. The van der Waals surface area contributed by atoms with Crippen molar-refractivity contribution in [3.8, 4) is 0 Å². The molecule has 2 heterocycles. The van der Waals surface area contributed by atoms with Crippen LogP contribution >= 0.6 is 0 Å². The fraction of sp³-hybridized carbons (Fsp3) is 0.571. The van der Waals surface area contributed by atoms with E-state index in [0.717, 1.165) is 19.3 Å². The van der Waals surface area contributed by atoms with E-state index in [9.17, 15) is 9.59 Å². The van der Waals surface area contributed by atoms with Gasteiger partial charge in [0, 0.05) is 29.4 Å². The molecule has 0 saturated heterocycles. The average molecular weight is 278 g/mol. The molecule has 0 atom stereocenters. The summed E-state index contributed by atoms with van der Waals surface area (Å²) in [6.45, 7) is 2.18. The molecule has 0 aliphatic carbocycles. The molecule has 0 bridgehead atoms. The summed E-state index contributed by atoms with van der Waals surface area (Å²) in [6, 6.07) is 0. The van der Waals surface area contributed by atoms with Crippen LogP contribution in [0.4, 0.5) is 0 Å². The molecule has 0 fully saturated rings. The quantitative estimate of drug-likeness (QED) is 0.557. The predicted octanol–water partition coefficient (Wildman–Crippen LogP) is 2.21. The standard InChI is InChI=1S/C14H22N4O2/c1-2-3-4-5-6-7-10(11-8-15-17-13(11)19)12-9-16-18-14(12)20/h8-10H,2-7H2,1H3,(H2,15,17,19)(H2,16,18,20). The smallest absolute Gasteiger partial charge is 0.267 e. The minimum atomic E-state index is -0.151. The Morgan fingerprint density at radius 1 is 0.900 bits per heavy atom. The minimum absolute atomic E-state index is 0.149. The van der Waals surface area contributed by atoms with E-state index in [4.69, 9.17) is 0 Å². The van der Waals surface area contributed by atoms with Crippen LogP contribution in [-0.4, -0.2) is 20.4 Å². The highest BCUT2D eigenvalue weighted by Gasteiger charge is 2.21. The number of rotatable bonds is 8. The summed E-state index contributed by atoms with van der Waals surface area (Å²) in [5.41, 5.74) is 0.962. The van der Waals surface area contributed by atoms with E-state index in [0.29, 0.717) is 11.1 Å². The minimum Gasteiger partial charge on any atom is -0.305 e. The second-order valence-electron chi connectivity index (χ2n) is 5.15. The zero-order chi connectivity index (χ0) is 14.4. The molecule has 110 valence electrons. The third-order valence-electron chi connectivity index (χ3n) is 3.70. The highest BCUT2D eigenvalue weighted by atomic mass is 16.1. The first-order valence-electron chi connectivity index (χ1n) is 7.26. The number of hydrogen-bond donors (Lipinski definition) is 4.